The van der Waals surface area contributed by atoms with Crippen LogP contribution in [0.4, 0.5) is 8.78 Å². The molecule has 1 aromatic heterocycles. The minimum Gasteiger partial charge on any atom is -0.485 e. The summed E-state index contributed by atoms with van der Waals surface area (Å²) in [6, 6.07) is 14.1. The molecule has 0 saturated heterocycles. The van der Waals surface area contributed by atoms with Gasteiger partial charge in [-0.3, -0.25) is 0 Å². The molecular weight excluding hydrogens is 468 g/mol. The van der Waals surface area contributed by atoms with Gasteiger partial charge in [0.15, 0.2) is 11.6 Å². The van der Waals surface area contributed by atoms with Crippen LogP contribution in [0, 0.1) is 11.6 Å². The van der Waals surface area contributed by atoms with Gasteiger partial charge in [0.25, 0.3) is 0 Å². The zero-order valence-corrected chi connectivity index (χ0v) is 18.0. The van der Waals surface area contributed by atoms with Gasteiger partial charge in [-0.2, -0.15) is 0 Å². The van der Waals surface area contributed by atoms with Crippen molar-refractivity contribution in [2.45, 2.75) is 25.9 Å². The Labute approximate surface area is 186 Å². The highest BCUT2D eigenvalue weighted by molar-refractivity contribution is 9.10. The van der Waals surface area contributed by atoms with Gasteiger partial charge in [-0.1, -0.05) is 40.2 Å². The second kappa shape index (κ2) is 8.98. The molecule has 0 atom stereocenters. The first kappa shape index (κ1) is 21.2. The van der Waals surface area contributed by atoms with Crippen LogP contribution in [0.25, 0.3) is 11.1 Å². The molecule has 4 rings (SSSR count). The van der Waals surface area contributed by atoms with Crippen molar-refractivity contribution in [3.05, 3.63) is 93.2 Å². The Morgan fingerprint density at radius 3 is 2.58 bits per heavy atom. The number of carboxylic acid groups (broad SMARTS) is 1. The van der Waals surface area contributed by atoms with Crippen molar-refractivity contribution in [1.82, 2.24) is 4.98 Å². The standard InChI is InChI=1S/C24H18BrF2NO3/c25-15-11-10-14(20(27)12-15)13-31-23-18(6-2-7-19(23)26)16-4-1-5-17(16)21-8-3-9-22(28-21)24(29)30/h2-3,6-12H,1,4-5,13H2,(H,29,30). The fourth-order valence-electron chi connectivity index (χ4n) is 3.73. The first-order valence-corrected chi connectivity index (χ1v) is 10.5. The number of para-hydroxylation sites is 1. The minimum absolute atomic E-state index is 0.0438. The average Bonchev–Trinajstić information content (AvgIpc) is 3.23. The van der Waals surface area contributed by atoms with E-state index in [0.29, 0.717) is 34.1 Å². The van der Waals surface area contributed by atoms with E-state index in [1.807, 2.05) is 0 Å². The largest absolute Gasteiger partial charge is 0.485 e. The molecule has 0 aliphatic heterocycles. The summed E-state index contributed by atoms with van der Waals surface area (Å²) in [5.41, 5.74) is 3.13. The van der Waals surface area contributed by atoms with Gasteiger partial charge in [0.2, 0.25) is 0 Å². The molecule has 31 heavy (non-hydrogen) atoms. The van der Waals surface area contributed by atoms with E-state index < -0.39 is 17.6 Å². The molecule has 4 nitrogen and oxygen atoms in total. The van der Waals surface area contributed by atoms with E-state index in [4.69, 9.17) is 4.74 Å². The number of allylic oxidation sites excluding steroid dienone is 2. The molecule has 1 N–H and O–H groups in total. The van der Waals surface area contributed by atoms with Gasteiger partial charge in [-0.05, 0) is 60.7 Å². The van der Waals surface area contributed by atoms with E-state index in [1.54, 1.807) is 36.4 Å². The van der Waals surface area contributed by atoms with Gasteiger partial charge < -0.3 is 9.84 Å². The predicted octanol–water partition coefficient (Wildman–Crippen LogP) is 6.49. The van der Waals surface area contributed by atoms with E-state index in [-0.39, 0.29) is 18.1 Å². The first-order chi connectivity index (χ1) is 14.9. The maximum atomic E-state index is 14.7. The Bertz CT molecular complexity index is 1190. The van der Waals surface area contributed by atoms with E-state index in [0.717, 1.165) is 17.6 Å². The first-order valence-electron chi connectivity index (χ1n) is 9.72. The van der Waals surface area contributed by atoms with E-state index >= 15 is 0 Å². The van der Waals surface area contributed by atoms with Crippen molar-refractivity contribution in [3.8, 4) is 5.75 Å². The van der Waals surface area contributed by atoms with Crippen molar-refractivity contribution >= 4 is 33.0 Å². The summed E-state index contributed by atoms with van der Waals surface area (Å²) in [6.45, 7) is -0.123. The zero-order valence-electron chi connectivity index (χ0n) is 16.4. The Kier molecular flexibility index (Phi) is 6.13. The molecular formula is C24H18BrF2NO3. The summed E-state index contributed by atoms with van der Waals surface area (Å²) in [6.07, 6.45) is 2.21. The number of pyridine rings is 1. The predicted molar refractivity (Wildman–Crippen MR) is 117 cm³/mol. The minimum atomic E-state index is -1.10. The molecule has 0 amide bonds. The van der Waals surface area contributed by atoms with Gasteiger partial charge in [0, 0.05) is 15.6 Å². The molecule has 0 fully saturated rings. The summed E-state index contributed by atoms with van der Waals surface area (Å²) >= 11 is 3.21. The van der Waals surface area contributed by atoms with Crippen LogP contribution in [0.3, 0.4) is 0 Å². The highest BCUT2D eigenvalue weighted by Gasteiger charge is 2.23. The summed E-state index contributed by atoms with van der Waals surface area (Å²) in [5, 5.41) is 9.25. The molecule has 1 heterocycles. The number of aromatic nitrogens is 1. The van der Waals surface area contributed by atoms with Crippen molar-refractivity contribution < 1.29 is 23.4 Å². The molecule has 0 unspecified atom stereocenters. The number of benzene rings is 2. The lowest BCUT2D eigenvalue weighted by Crippen LogP contribution is -2.04. The van der Waals surface area contributed by atoms with Gasteiger partial charge in [-0.25, -0.2) is 18.6 Å². The lowest BCUT2D eigenvalue weighted by molar-refractivity contribution is 0.0690. The SMILES string of the molecule is O=C(O)c1cccc(C2=C(c3cccc(F)c3OCc3ccc(Br)cc3F)CCC2)n1. The van der Waals surface area contributed by atoms with Crippen LogP contribution in [-0.2, 0) is 6.61 Å². The van der Waals surface area contributed by atoms with Crippen LogP contribution in [-0.4, -0.2) is 16.1 Å². The maximum Gasteiger partial charge on any atom is 0.354 e. The highest BCUT2D eigenvalue weighted by Crippen LogP contribution is 2.43. The quantitative estimate of drug-likeness (QED) is 0.433. The monoisotopic (exact) mass is 485 g/mol. The number of hydrogen-bond acceptors (Lipinski definition) is 3. The number of rotatable bonds is 6. The topological polar surface area (TPSA) is 59.4 Å². The van der Waals surface area contributed by atoms with Crippen LogP contribution in [0.2, 0.25) is 0 Å². The van der Waals surface area contributed by atoms with Crippen LogP contribution < -0.4 is 4.74 Å². The molecule has 158 valence electrons. The Morgan fingerprint density at radius 1 is 1.03 bits per heavy atom. The van der Waals surface area contributed by atoms with Crippen LogP contribution in [0.5, 0.6) is 5.75 Å². The van der Waals surface area contributed by atoms with Crippen molar-refractivity contribution in [2.75, 3.05) is 0 Å². The molecule has 2 aromatic carbocycles. The molecule has 1 aliphatic rings. The third-order valence-electron chi connectivity index (χ3n) is 5.17. The van der Waals surface area contributed by atoms with Crippen LogP contribution in [0.15, 0.2) is 59.1 Å². The summed E-state index contributed by atoms with van der Waals surface area (Å²) in [4.78, 5) is 15.6. The number of ether oxygens (including phenoxy) is 1. The maximum absolute atomic E-state index is 14.7. The van der Waals surface area contributed by atoms with E-state index in [2.05, 4.69) is 20.9 Å². The summed E-state index contributed by atoms with van der Waals surface area (Å²) < 4.78 is 35.3. The Hall–Kier alpha value is -3.06. The molecule has 7 heteroatoms. The lowest BCUT2D eigenvalue weighted by Gasteiger charge is -2.15. The second-order valence-electron chi connectivity index (χ2n) is 7.16. The summed E-state index contributed by atoms with van der Waals surface area (Å²) in [5.74, 6) is -2.04. The fourth-order valence-corrected chi connectivity index (χ4v) is 4.06. The molecule has 0 radical (unpaired) electrons. The second-order valence-corrected chi connectivity index (χ2v) is 8.08. The van der Waals surface area contributed by atoms with Crippen molar-refractivity contribution in [2.24, 2.45) is 0 Å². The summed E-state index contributed by atoms with van der Waals surface area (Å²) in [7, 11) is 0. The molecule has 0 spiro atoms. The molecule has 0 saturated carbocycles. The van der Waals surface area contributed by atoms with Gasteiger partial charge in [-0.15, -0.1) is 0 Å². The average molecular weight is 486 g/mol. The fraction of sp³-hybridized carbons (Fsp3) is 0.167. The third-order valence-corrected chi connectivity index (χ3v) is 5.67. The smallest absolute Gasteiger partial charge is 0.354 e. The zero-order chi connectivity index (χ0) is 22.0. The lowest BCUT2D eigenvalue weighted by atomic mass is 9.98. The number of carboxylic acids is 1. The van der Waals surface area contributed by atoms with E-state index in [9.17, 15) is 18.7 Å². The number of hydrogen-bond donors (Lipinski definition) is 1. The highest BCUT2D eigenvalue weighted by atomic mass is 79.9. The molecule has 0 bridgehead atoms. The van der Waals surface area contributed by atoms with Crippen LogP contribution in [0.1, 0.15) is 46.6 Å². The number of aromatic carboxylic acids is 1. The van der Waals surface area contributed by atoms with E-state index in [1.165, 1.54) is 18.2 Å². The third kappa shape index (κ3) is 4.51. The van der Waals surface area contributed by atoms with Crippen molar-refractivity contribution in [1.29, 1.82) is 0 Å². The molecule has 1 aliphatic carbocycles. The number of nitrogens with zero attached hydrogens (tertiary/aromatic N) is 1. The number of halogens is 3. The molecule has 3 aromatic rings. The Morgan fingerprint density at radius 2 is 1.81 bits per heavy atom. The van der Waals surface area contributed by atoms with Gasteiger partial charge in [0.1, 0.15) is 18.1 Å². The normalized spacial score (nSPS) is 13.5. The number of carbonyl (C=O) groups is 1. The van der Waals surface area contributed by atoms with Crippen LogP contribution >= 0.6 is 15.9 Å². The van der Waals surface area contributed by atoms with Gasteiger partial charge >= 0.3 is 5.97 Å². The van der Waals surface area contributed by atoms with Crippen molar-refractivity contribution in [3.63, 3.8) is 0 Å². The Balaban J connectivity index is 1.72. The van der Waals surface area contributed by atoms with Gasteiger partial charge in [0.05, 0.1) is 5.69 Å².